The van der Waals surface area contributed by atoms with E-state index in [1.165, 1.54) is 11.1 Å². The molecule has 0 bridgehead atoms. The van der Waals surface area contributed by atoms with E-state index in [4.69, 9.17) is 5.73 Å². The van der Waals surface area contributed by atoms with Crippen LogP contribution < -0.4 is 5.73 Å². The topological polar surface area (TPSA) is 56.7 Å². The monoisotopic (exact) mass is 228 g/mol. The zero-order valence-corrected chi connectivity index (χ0v) is 10.2. The first kappa shape index (κ1) is 10.5. The molecule has 17 heavy (non-hydrogen) atoms. The van der Waals surface area contributed by atoms with E-state index < -0.39 is 0 Å². The Kier molecular flexibility index (Phi) is 2.26. The summed E-state index contributed by atoms with van der Waals surface area (Å²) >= 11 is 0. The average molecular weight is 228 g/mol. The predicted molar refractivity (Wildman–Crippen MR) is 66.5 cm³/mol. The summed E-state index contributed by atoms with van der Waals surface area (Å²) in [5.74, 6) is 0.964. The number of nitrogens with two attached hydrogens (primary N) is 1. The molecule has 3 rings (SSSR count). The second kappa shape index (κ2) is 3.67. The van der Waals surface area contributed by atoms with Crippen molar-refractivity contribution in [3.8, 4) is 11.3 Å². The Morgan fingerprint density at radius 2 is 2.24 bits per heavy atom. The molecule has 0 unspecified atom stereocenters. The number of pyridine rings is 1. The molecule has 4 heteroatoms. The van der Waals surface area contributed by atoms with Crippen LogP contribution in [-0.4, -0.2) is 14.5 Å². The summed E-state index contributed by atoms with van der Waals surface area (Å²) in [4.78, 5) is 8.94. The number of nitrogens with zero attached hydrogens (tertiary/aromatic N) is 3. The van der Waals surface area contributed by atoms with E-state index in [0.717, 1.165) is 35.9 Å². The van der Waals surface area contributed by atoms with Crippen LogP contribution in [0.15, 0.2) is 12.3 Å². The van der Waals surface area contributed by atoms with Gasteiger partial charge in [-0.15, -0.1) is 0 Å². The fourth-order valence-electron chi connectivity index (χ4n) is 2.71. The lowest BCUT2D eigenvalue weighted by molar-refractivity contribution is 0.641. The number of rotatable bonds is 1. The summed E-state index contributed by atoms with van der Waals surface area (Å²) in [7, 11) is 0. The van der Waals surface area contributed by atoms with Crippen LogP contribution in [0.2, 0.25) is 0 Å². The van der Waals surface area contributed by atoms with Crippen LogP contribution in [0.3, 0.4) is 0 Å². The fourth-order valence-corrected chi connectivity index (χ4v) is 2.71. The zero-order valence-electron chi connectivity index (χ0n) is 10.2. The lowest BCUT2D eigenvalue weighted by Crippen LogP contribution is -2.16. The van der Waals surface area contributed by atoms with Gasteiger partial charge in [0.15, 0.2) is 0 Å². The molecule has 1 aliphatic rings. The van der Waals surface area contributed by atoms with E-state index in [-0.39, 0.29) is 0 Å². The Balaban J connectivity index is 2.26. The van der Waals surface area contributed by atoms with Crippen molar-refractivity contribution in [2.75, 3.05) is 0 Å². The van der Waals surface area contributed by atoms with Gasteiger partial charge in [-0.05, 0) is 31.9 Å². The van der Waals surface area contributed by atoms with Gasteiger partial charge in [-0.1, -0.05) is 0 Å². The number of imidazole rings is 1. The summed E-state index contributed by atoms with van der Waals surface area (Å²) in [5, 5.41) is 0. The van der Waals surface area contributed by atoms with Crippen LogP contribution in [-0.2, 0) is 19.5 Å². The molecule has 3 heterocycles. The van der Waals surface area contributed by atoms with Gasteiger partial charge in [0.25, 0.3) is 0 Å². The van der Waals surface area contributed by atoms with Crippen molar-refractivity contribution < 1.29 is 0 Å². The summed E-state index contributed by atoms with van der Waals surface area (Å²) in [5.41, 5.74) is 11.7. The molecule has 0 aliphatic carbocycles. The number of hydrogen-bond donors (Lipinski definition) is 1. The van der Waals surface area contributed by atoms with Crippen LogP contribution in [0.1, 0.15) is 22.8 Å². The maximum atomic E-state index is 5.70. The summed E-state index contributed by atoms with van der Waals surface area (Å²) in [6.07, 6.45) is 2.96. The van der Waals surface area contributed by atoms with E-state index >= 15 is 0 Å². The molecule has 0 saturated heterocycles. The summed E-state index contributed by atoms with van der Waals surface area (Å²) in [6, 6.07) is 2.18. The third-order valence-electron chi connectivity index (χ3n) is 3.39. The smallest absolute Gasteiger partial charge is 0.122 e. The van der Waals surface area contributed by atoms with E-state index in [2.05, 4.69) is 27.5 Å². The fraction of sp³-hybridized carbons (Fsp3) is 0.385. The Bertz CT molecular complexity index is 583. The van der Waals surface area contributed by atoms with E-state index in [1.807, 2.05) is 13.1 Å². The van der Waals surface area contributed by atoms with Crippen molar-refractivity contribution in [2.45, 2.75) is 33.4 Å². The van der Waals surface area contributed by atoms with Gasteiger partial charge in [0.1, 0.15) is 5.82 Å². The minimum atomic E-state index is 0.494. The molecule has 0 fully saturated rings. The summed E-state index contributed by atoms with van der Waals surface area (Å²) in [6.45, 7) is 5.58. The van der Waals surface area contributed by atoms with Crippen molar-refractivity contribution in [3.05, 3.63) is 35.0 Å². The highest BCUT2D eigenvalue weighted by Gasteiger charge is 2.21. The van der Waals surface area contributed by atoms with Gasteiger partial charge < -0.3 is 10.3 Å². The van der Waals surface area contributed by atoms with Crippen LogP contribution in [0.5, 0.6) is 0 Å². The highest BCUT2D eigenvalue weighted by molar-refractivity contribution is 5.68. The lowest BCUT2D eigenvalue weighted by atomic mass is 9.97. The molecule has 4 nitrogen and oxygen atoms in total. The van der Waals surface area contributed by atoms with Crippen molar-refractivity contribution >= 4 is 0 Å². The van der Waals surface area contributed by atoms with Gasteiger partial charge in [-0.3, -0.25) is 4.98 Å². The minimum absolute atomic E-state index is 0.494. The molecule has 2 aromatic heterocycles. The molecule has 88 valence electrons. The molecule has 0 saturated carbocycles. The number of hydrogen-bond acceptors (Lipinski definition) is 3. The summed E-state index contributed by atoms with van der Waals surface area (Å²) < 4.78 is 2.21. The van der Waals surface area contributed by atoms with Crippen LogP contribution in [0.25, 0.3) is 11.3 Å². The quantitative estimate of drug-likeness (QED) is 0.806. The molecule has 2 aromatic rings. The first-order chi connectivity index (χ1) is 8.20. The molecule has 0 atom stereocenters. The Hall–Kier alpha value is -1.68. The molecule has 1 aliphatic heterocycles. The molecular weight excluding hydrogens is 212 g/mol. The zero-order chi connectivity index (χ0) is 12.0. The third-order valence-corrected chi connectivity index (χ3v) is 3.39. The van der Waals surface area contributed by atoms with Crippen molar-refractivity contribution in [2.24, 2.45) is 5.73 Å². The van der Waals surface area contributed by atoms with Crippen LogP contribution >= 0.6 is 0 Å². The highest BCUT2D eigenvalue weighted by Crippen LogP contribution is 2.32. The van der Waals surface area contributed by atoms with Crippen LogP contribution in [0, 0.1) is 13.8 Å². The number of fused-ring (bicyclic) bond motifs is 3. The first-order valence-corrected chi connectivity index (χ1v) is 5.92. The van der Waals surface area contributed by atoms with Crippen LogP contribution in [0.4, 0.5) is 0 Å². The third kappa shape index (κ3) is 1.48. The Morgan fingerprint density at radius 1 is 1.41 bits per heavy atom. The maximum absolute atomic E-state index is 5.70. The number of aromatic nitrogens is 3. The standard InChI is InChI=1S/C13H16N4/c1-8-5-10-3-4-17-11(7-15-12(17)6-14)13(10)9(2)16-8/h5,7H,3-4,6,14H2,1-2H3. The van der Waals surface area contributed by atoms with Crippen molar-refractivity contribution in [3.63, 3.8) is 0 Å². The van der Waals surface area contributed by atoms with Crippen molar-refractivity contribution in [1.82, 2.24) is 14.5 Å². The largest absolute Gasteiger partial charge is 0.327 e. The van der Waals surface area contributed by atoms with E-state index in [9.17, 15) is 0 Å². The molecule has 0 amide bonds. The van der Waals surface area contributed by atoms with E-state index in [0.29, 0.717) is 6.54 Å². The van der Waals surface area contributed by atoms with E-state index in [1.54, 1.807) is 0 Å². The number of aryl methyl sites for hydroxylation is 3. The molecule has 0 radical (unpaired) electrons. The predicted octanol–water partition coefficient (Wildman–Crippen LogP) is 1.58. The van der Waals surface area contributed by atoms with Gasteiger partial charge in [0.2, 0.25) is 0 Å². The second-order valence-electron chi connectivity index (χ2n) is 4.55. The SMILES string of the molecule is Cc1cc2c(c(C)n1)-c1cnc(CN)n1CC2. The van der Waals surface area contributed by atoms with Gasteiger partial charge in [0.05, 0.1) is 18.4 Å². The Labute approximate surface area is 101 Å². The van der Waals surface area contributed by atoms with Crippen molar-refractivity contribution in [1.29, 1.82) is 0 Å². The maximum Gasteiger partial charge on any atom is 0.122 e. The van der Waals surface area contributed by atoms with Gasteiger partial charge in [0, 0.05) is 23.5 Å². The van der Waals surface area contributed by atoms with Gasteiger partial charge in [-0.2, -0.15) is 0 Å². The molecule has 0 aromatic carbocycles. The minimum Gasteiger partial charge on any atom is -0.327 e. The average Bonchev–Trinajstić information content (AvgIpc) is 2.70. The normalized spacial score (nSPS) is 13.4. The lowest BCUT2D eigenvalue weighted by Gasteiger charge is -2.21. The molecule has 0 spiro atoms. The van der Waals surface area contributed by atoms with Gasteiger partial charge >= 0.3 is 0 Å². The van der Waals surface area contributed by atoms with Gasteiger partial charge in [-0.25, -0.2) is 4.98 Å². The molecular formula is C13H16N4. The second-order valence-corrected chi connectivity index (χ2v) is 4.55. The first-order valence-electron chi connectivity index (χ1n) is 5.92. The Morgan fingerprint density at radius 3 is 3.00 bits per heavy atom. The highest BCUT2D eigenvalue weighted by atomic mass is 15.1. The molecule has 2 N–H and O–H groups in total.